The fraction of sp³-hybridized carbons (Fsp3) is 0.222. The first kappa shape index (κ1) is 22.0. The van der Waals surface area contributed by atoms with E-state index < -0.39 is 29.2 Å². The third-order valence-corrected chi connectivity index (χ3v) is 7.14. The lowest BCUT2D eigenvalue weighted by molar-refractivity contribution is -0.150. The summed E-state index contributed by atoms with van der Waals surface area (Å²) in [6.07, 6.45) is 3.35. The van der Waals surface area contributed by atoms with Crippen molar-refractivity contribution < 1.29 is 24.3 Å². The number of carbonyl (C=O) groups is 3. The number of amides is 2. The molecule has 2 aromatic heterocycles. The second-order valence-electron chi connectivity index (χ2n) is 6.48. The van der Waals surface area contributed by atoms with Crippen LogP contribution in [0.1, 0.15) is 11.4 Å². The lowest BCUT2D eigenvalue weighted by Gasteiger charge is -2.49. The third-order valence-electron chi connectivity index (χ3n) is 4.56. The van der Waals surface area contributed by atoms with Crippen LogP contribution in [-0.2, 0) is 19.2 Å². The van der Waals surface area contributed by atoms with Crippen molar-refractivity contribution >= 4 is 69.1 Å². The average molecular weight is 493 g/mol. The van der Waals surface area contributed by atoms with Gasteiger partial charge in [0.05, 0.1) is 11.2 Å². The van der Waals surface area contributed by atoms with E-state index in [2.05, 4.69) is 20.4 Å². The van der Waals surface area contributed by atoms with E-state index in [1.54, 1.807) is 23.0 Å². The highest BCUT2D eigenvalue weighted by Crippen LogP contribution is 2.40. The molecule has 1 unspecified atom stereocenters. The summed E-state index contributed by atoms with van der Waals surface area (Å²) in [6, 6.07) is -0.913. The molecule has 0 aliphatic carbocycles. The summed E-state index contributed by atoms with van der Waals surface area (Å²) in [5.74, 6) is -2.07. The van der Waals surface area contributed by atoms with Gasteiger partial charge in [0.1, 0.15) is 29.9 Å². The van der Waals surface area contributed by atoms with Gasteiger partial charge in [-0.1, -0.05) is 11.2 Å². The summed E-state index contributed by atoms with van der Waals surface area (Å²) in [5, 5.41) is 19.1. The monoisotopic (exact) mass is 492 g/mol. The number of rotatable bonds is 7. The van der Waals surface area contributed by atoms with Crippen molar-refractivity contribution in [2.75, 3.05) is 18.6 Å². The highest BCUT2D eigenvalue weighted by atomic mass is 32.2. The number of aromatic nitrogens is 2. The Morgan fingerprint density at radius 3 is 2.84 bits per heavy atom. The highest BCUT2D eigenvalue weighted by Gasteiger charge is 2.54. The highest BCUT2D eigenvalue weighted by molar-refractivity contribution is 8.00. The van der Waals surface area contributed by atoms with Crippen LogP contribution in [0.15, 0.2) is 38.8 Å². The lowest BCUT2D eigenvalue weighted by Crippen LogP contribution is -2.71. The number of thiazole rings is 2. The molecule has 0 spiro atoms. The van der Waals surface area contributed by atoms with Gasteiger partial charge in [0.25, 0.3) is 11.8 Å². The van der Waals surface area contributed by atoms with E-state index in [-0.39, 0.29) is 22.2 Å². The van der Waals surface area contributed by atoms with Crippen LogP contribution in [0.3, 0.4) is 0 Å². The summed E-state index contributed by atoms with van der Waals surface area (Å²) in [4.78, 5) is 51.5. The van der Waals surface area contributed by atoms with Crippen molar-refractivity contribution in [2.45, 2.75) is 11.4 Å². The van der Waals surface area contributed by atoms with Crippen molar-refractivity contribution in [3.05, 3.63) is 45.0 Å². The molecule has 2 aliphatic rings. The minimum atomic E-state index is -1.22. The van der Waals surface area contributed by atoms with Crippen molar-refractivity contribution in [3.8, 4) is 0 Å². The van der Waals surface area contributed by atoms with Gasteiger partial charge in [-0.25, -0.2) is 14.8 Å². The van der Waals surface area contributed by atoms with Crippen LogP contribution in [0.25, 0.3) is 6.08 Å². The van der Waals surface area contributed by atoms with Crippen molar-refractivity contribution in [3.63, 3.8) is 0 Å². The molecule has 2 atom stereocenters. The number of nitrogens with one attached hydrogen (secondary N) is 1. The van der Waals surface area contributed by atoms with Gasteiger partial charge in [0.15, 0.2) is 10.8 Å². The Labute approximate surface area is 193 Å². The van der Waals surface area contributed by atoms with Gasteiger partial charge >= 0.3 is 5.97 Å². The zero-order chi connectivity index (χ0) is 22.8. The number of nitrogens with two attached hydrogens (primary N) is 1. The number of nitrogens with zero attached hydrogens (tertiary/aromatic N) is 4. The van der Waals surface area contributed by atoms with E-state index in [9.17, 15) is 19.5 Å². The maximum Gasteiger partial charge on any atom is 0.352 e. The Balaban J connectivity index is 1.53. The standard InChI is InChI=1S/C18H16N6O5S3/c1-29-23-11(10-6-32-18(19)21-10)14(25)22-12-15(26)24-13(17(27)28)8(4-31-16(12)24)2-3-9-5-30-7-20-9/h2-3,5-7,12,16H,4H2,1H3,(H2,19,21)(H,22,25)(H,27,28)/t12?,16-/m1/s1. The number of hydrogen-bond donors (Lipinski definition) is 3. The number of hydrogen-bond acceptors (Lipinski definition) is 11. The van der Waals surface area contributed by atoms with Gasteiger partial charge in [-0.2, -0.15) is 0 Å². The zero-order valence-corrected chi connectivity index (χ0v) is 18.9. The summed E-state index contributed by atoms with van der Waals surface area (Å²) in [7, 11) is 1.28. The number of carbonyl (C=O) groups excluding carboxylic acids is 2. The maximum atomic E-state index is 12.8. The molecule has 0 bridgehead atoms. The molecule has 0 aromatic carbocycles. The molecule has 0 radical (unpaired) electrons. The molecule has 2 aromatic rings. The summed E-state index contributed by atoms with van der Waals surface area (Å²) in [6.45, 7) is 0. The number of nitrogen functional groups attached to an aromatic ring is 1. The van der Waals surface area contributed by atoms with Crippen molar-refractivity contribution in [2.24, 2.45) is 5.16 Å². The number of β-lactam (4-membered cyclic amide) rings is 1. The van der Waals surface area contributed by atoms with E-state index in [1.807, 2.05) is 5.38 Å². The van der Waals surface area contributed by atoms with Gasteiger partial charge < -0.3 is 21.0 Å². The van der Waals surface area contributed by atoms with Crippen LogP contribution in [0.4, 0.5) is 5.13 Å². The number of carboxylic acids is 1. The summed E-state index contributed by atoms with van der Waals surface area (Å²) >= 11 is 3.91. The van der Waals surface area contributed by atoms with E-state index in [1.165, 1.54) is 35.1 Å². The Morgan fingerprint density at radius 2 is 2.22 bits per heavy atom. The van der Waals surface area contributed by atoms with E-state index in [4.69, 9.17) is 10.6 Å². The minimum absolute atomic E-state index is 0.103. The molecule has 4 N–H and O–H groups in total. The quantitative estimate of drug-likeness (QED) is 0.291. The molecule has 11 nitrogen and oxygen atoms in total. The van der Waals surface area contributed by atoms with Gasteiger partial charge in [-0.15, -0.1) is 34.4 Å². The van der Waals surface area contributed by atoms with Crippen LogP contribution in [0.5, 0.6) is 0 Å². The fourth-order valence-corrected chi connectivity index (χ4v) is 5.55. The lowest BCUT2D eigenvalue weighted by atomic mass is 10.0. The molecule has 2 amide bonds. The minimum Gasteiger partial charge on any atom is -0.477 e. The Kier molecular flexibility index (Phi) is 6.25. The molecule has 0 saturated carbocycles. The zero-order valence-electron chi connectivity index (χ0n) is 16.4. The van der Waals surface area contributed by atoms with Gasteiger partial charge in [-0.3, -0.25) is 14.5 Å². The molecule has 4 rings (SSSR count). The van der Waals surface area contributed by atoms with E-state index in [0.29, 0.717) is 17.0 Å². The molecule has 32 heavy (non-hydrogen) atoms. The van der Waals surface area contributed by atoms with Crippen LogP contribution < -0.4 is 11.1 Å². The molecule has 1 fully saturated rings. The largest absolute Gasteiger partial charge is 0.477 e. The Morgan fingerprint density at radius 1 is 1.41 bits per heavy atom. The van der Waals surface area contributed by atoms with Crippen molar-refractivity contribution in [1.82, 2.24) is 20.2 Å². The van der Waals surface area contributed by atoms with Gasteiger partial charge in [-0.05, 0) is 11.6 Å². The number of oxime groups is 1. The first-order valence-corrected chi connectivity index (χ1v) is 11.9. The van der Waals surface area contributed by atoms with Crippen LogP contribution in [0.2, 0.25) is 0 Å². The predicted molar refractivity (Wildman–Crippen MR) is 121 cm³/mol. The fourth-order valence-electron chi connectivity index (χ4n) is 3.16. The predicted octanol–water partition coefficient (Wildman–Crippen LogP) is 0.984. The SMILES string of the molecule is CON=C(C(=O)NC1C(=O)N2C(C(=O)O)=C(C=Cc3cscn3)CS[C@H]12)c1csc(N)n1. The molecule has 14 heteroatoms. The third kappa shape index (κ3) is 4.11. The Hall–Kier alpha value is -3.23. The second-order valence-corrected chi connectivity index (χ2v) is 9.19. The molecule has 1 saturated heterocycles. The van der Waals surface area contributed by atoms with Gasteiger partial charge in [0, 0.05) is 16.5 Å². The van der Waals surface area contributed by atoms with Gasteiger partial charge in [0.2, 0.25) is 0 Å². The summed E-state index contributed by atoms with van der Waals surface area (Å²) < 4.78 is 0. The molecular formula is C18H16N6O5S3. The second kappa shape index (κ2) is 9.10. The number of allylic oxidation sites excluding steroid dienone is 1. The van der Waals surface area contributed by atoms with E-state index >= 15 is 0 Å². The number of fused-ring (bicyclic) bond motifs is 1. The number of aliphatic carboxylic acids is 1. The molecule has 2 aliphatic heterocycles. The normalized spacial score (nSPS) is 20.8. The first-order valence-electron chi connectivity index (χ1n) is 9.01. The first-order chi connectivity index (χ1) is 15.4. The van der Waals surface area contributed by atoms with Crippen molar-refractivity contribution in [1.29, 1.82) is 0 Å². The van der Waals surface area contributed by atoms with E-state index in [0.717, 1.165) is 11.3 Å². The number of anilines is 1. The molecule has 4 heterocycles. The summed E-state index contributed by atoms with van der Waals surface area (Å²) in [5.41, 5.74) is 8.46. The van der Waals surface area contributed by atoms with Crippen LogP contribution >= 0.6 is 34.4 Å². The Bertz CT molecular complexity index is 1160. The van der Waals surface area contributed by atoms with Crippen LogP contribution in [0, 0.1) is 0 Å². The molecular weight excluding hydrogens is 476 g/mol. The number of carboxylic acid groups (broad SMARTS) is 1. The number of thioether (sulfide) groups is 1. The molecule has 166 valence electrons. The maximum absolute atomic E-state index is 12.8. The smallest absolute Gasteiger partial charge is 0.352 e. The topological polar surface area (TPSA) is 160 Å². The van der Waals surface area contributed by atoms with Crippen LogP contribution in [-0.4, -0.2) is 67.7 Å². The average Bonchev–Trinajstić information content (AvgIpc) is 3.45.